The van der Waals surface area contributed by atoms with Crippen LogP contribution in [0.4, 0.5) is 0 Å². The molecule has 0 aromatic heterocycles. The minimum absolute atomic E-state index is 0.125. The molecule has 1 atom stereocenters. The maximum Gasteiger partial charge on any atom is 0.324 e. The van der Waals surface area contributed by atoms with Gasteiger partial charge in [0, 0.05) is 0 Å². The van der Waals surface area contributed by atoms with E-state index < -0.39 is 22.0 Å². The van der Waals surface area contributed by atoms with Crippen LogP contribution in [-0.2, 0) is 19.6 Å². The molecule has 0 spiro atoms. The highest BCUT2D eigenvalue weighted by Gasteiger charge is 2.28. The number of sulfonamides is 1. The number of hydrogen-bond donors (Lipinski definition) is 1. The van der Waals surface area contributed by atoms with Crippen molar-refractivity contribution in [3.05, 3.63) is 30.3 Å². The maximum atomic E-state index is 12.0. The Morgan fingerprint density at radius 1 is 1.22 bits per heavy atom. The Kier molecular flexibility index (Phi) is 4.86. The van der Waals surface area contributed by atoms with Crippen molar-refractivity contribution in [2.45, 2.75) is 24.8 Å². The number of ether oxygens (including phenoxy) is 1. The molecule has 0 saturated carbocycles. The summed E-state index contributed by atoms with van der Waals surface area (Å²) in [4.78, 5) is 11.6. The van der Waals surface area contributed by atoms with Gasteiger partial charge in [0.15, 0.2) is 0 Å². The number of methoxy groups -OCH3 is 1. The standard InChI is InChI=1S/C12H17NO4S/c1-9(2)11(12(14)17-3)13-18(15,16)10-7-5-4-6-8-10/h4-9,11,13H,1-3H3. The Balaban J connectivity index is 2.97. The molecule has 1 rings (SSSR count). The summed E-state index contributed by atoms with van der Waals surface area (Å²) in [5.74, 6) is -0.791. The van der Waals surface area contributed by atoms with Gasteiger partial charge in [-0.2, -0.15) is 4.72 Å². The molecule has 0 aliphatic carbocycles. The van der Waals surface area contributed by atoms with Crippen molar-refractivity contribution in [1.82, 2.24) is 4.72 Å². The van der Waals surface area contributed by atoms with Gasteiger partial charge in [-0.3, -0.25) is 4.79 Å². The van der Waals surface area contributed by atoms with Crippen molar-refractivity contribution in [3.63, 3.8) is 0 Å². The molecular weight excluding hydrogens is 254 g/mol. The van der Waals surface area contributed by atoms with Crippen LogP contribution >= 0.6 is 0 Å². The van der Waals surface area contributed by atoms with Gasteiger partial charge in [0.25, 0.3) is 0 Å². The Morgan fingerprint density at radius 2 is 1.78 bits per heavy atom. The number of hydrogen-bond acceptors (Lipinski definition) is 4. The van der Waals surface area contributed by atoms with Gasteiger partial charge in [-0.05, 0) is 18.1 Å². The lowest BCUT2D eigenvalue weighted by Crippen LogP contribution is -2.44. The zero-order chi connectivity index (χ0) is 13.8. The molecule has 5 nitrogen and oxygen atoms in total. The maximum absolute atomic E-state index is 12.0. The number of nitrogens with one attached hydrogen (secondary N) is 1. The molecule has 0 fully saturated rings. The van der Waals surface area contributed by atoms with Gasteiger partial charge in [-0.1, -0.05) is 32.0 Å². The molecule has 0 amide bonds. The molecular formula is C12H17NO4S. The second-order valence-electron chi connectivity index (χ2n) is 4.18. The molecule has 0 aliphatic heterocycles. The highest BCUT2D eigenvalue weighted by atomic mass is 32.2. The van der Waals surface area contributed by atoms with Gasteiger partial charge in [-0.25, -0.2) is 8.42 Å². The summed E-state index contributed by atoms with van der Waals surface area (Å²) >= 11 is 0. The van der Waals surface area contributed by atoms with Gasteiger partial charge in [0.1, 0.15) is 6.04 Å². The molecule has 1 N–H and O–H groups in total. The molecule has 18 heavy (non-hydrogen) atoms. The molecule has 0 saturated heterocycles. The summed E-state index contributed by atoms with van der Waals surface area (Å²) in [5, 5.41) is 0. The molecule has 0 bridgehead atoms. The summed E-state index contributed by atoms with van der Waals surface area (Å²) in [6, 6.07) is 7.02. The molecule has 0 radical (unpaired) electrons. The lowest BCUT2D eigenvalue weighted by molar-refractivity contribution is -0.143. The number of rotatable bonds is 5. The van der Waals surface area contributed by atoms with Gasteiger partial charge >= 0.3 is 5.97 Å². The topological polar surface area (TPSA) is 72.5 Å². The first kappa shape index (κ1) is 14.7. The van der Waals surface area contributed by atoms with Crippen LogP contribution in [0.2, 0.25) is 0 Å². The van der Waals surface area contributed by atoms with Crippen molar-refractivity contribution in [3.8, 4) is 0 Å². The summed E-state index contributed by atoms with van der Waals surface area (Å²) < 4.78 is 31.0. The molecule has 0 heterocycles. The van der Waals surface area contributed by atoms with Gasteiger partial charge < -0.3 is 4.74 Å². The SMILES string of the molecule is COC(=O)C(NS(=O)(=O)c1ccccc1)C(C)C. The fourth-order valence-corrected chi connectivity index (χ4v) is 2.77. The van der Waals surface area contributed by atoms with E-state index in [2.05, 4.69) is 9.46 Å². The highest BCUT2D eigenvalue weighted by Crippen LogP contribution is 2.12. The Hall–Kier alpha value is -1.40. The monoisotopic (exact) mass is 271 g/mol. The lowest BCUT2D eigenvalue weighted by atomic mass is 10.1. The number of esters is 1. The van der Waals surface area contributed by atoms with E-state index in [1.807, 2.05) is 0 Å². The first-order valence-corrected chi connectivity index (χ1v) is 7.02. The normalized spacial score (nSPS) is 13.3. The van der Waals surface area contributed by atoms with Crippen molar-refractivity contribution in [2.75, 3.05) is 7.11 Å². The van der Waals surface area contributed by atoms with E-state index in [-0.39, 0.29) is 10.8 Å². The van der Waals surface area contributed by atoms with Crippen LogP contribution in [-0.4, -0.2) is 27.5 Å². The Labute approximate surface area is 107 Å². The summed E-state index contributed by atoms with van der Waals surface area (Å²) in [6.45, 7) is 3.49. The third kappa shape index (κ3) is 3.54. The van der Waals surface area contributed by atoms with E-state index in [1.165, 1.54) is 19.2 Å². The lowest BCUT2D eigenvalue weighted by Gasteiger charge is -2.19. The molecule has 100 valence electrons. The minimum Gasteiger partial charge on any atom is -0.468 e. The van der Waals surface area contributed by atoms with Crippen molar-refractivity contribution >= 4 is 16.0 Å². The Morgan fingerprint density at radius 3 is 2.22 bits per heavy atom. The van der Waals surface area contributed by atoms with Crippen LogP contribution in [0, 0.1) is 5.92 Å². The molecule has 1 aromatic carbocycles. The third-order valence-electron chi connectivity index (χ3n) is 2.46. The van der Waals surface area contributed by atoms with Crippen molar-refractivity contribution in [2.24, 2.45) is 5.92 Å². The zero-order valence-corrected chi connectivity index (χ0v) is 11.4. The average molecular weight is 271 g/mol. The minimum atomic E-state index is -3.71. The van der Waals surface area contributed by atoms with E-state index in [9.17, 15) is 13.2 Å². The predicted molar refractivity (Wildman–Crippen MR) is 67.4 cm³/mol. The average Bonchev–Trinajstić information content (AvgIpc) is 2.36. The third-order valence-corrected chi connectivity index (χ3v) is 3.91. The predicted octanol–water partition coefficient (Wildman–Crippen LogP) is 1.16. The molecule has 1 unspecified atom stereocenters. The van der Waals surface area contributed by atoms with Gasteiger partial charge in [0.2, 0.25) is 10.0 Å². The first-order valence-electron chi connectivity index (χ1n) is 5.53. The van der Waals surface area contributed by atoms with E-state index >= 15 is 0 Å². The molecule has 0 aliphatic rings. The van der Waals surface area contributed by atoms with E-state index in [0.717, 1.165) is 0 Å². The van der Waals surface area contributed by atoms with E-state index in [4.69, 9.17) is 0 Å². The largest absolute Gasteiger partial charge is 0.468 e. The number of carbonyl (C=O) groups excluding carboxylic acids is 1. The van der Waals surface area contributed by atoms with Gasteiger partial charge in [-0.15, -0.1) is 0 Å². The van der Waals surface area contributed by atoms with Crippen molar-refractivity contribution in [1.29, 1.82) is 0 Å². The first-order chi connectivity index (χ1) is 8.38. The smallest absolute Gasteiger partial charge is 0.324 e. The highest BCUT2D eigenvalue weighted by molar-refractivity contribution is 7.89. The van der Waals surface area contributed by atoms with Gasteiger partial charge in [0.05, 0.1) is 12.0 Å². The Bertz CT molecular complexity index is 496. The van der Waals surface area contributed by atoms with Crippen LogP contribution < -0.4 is 4.72 Å². The second-order valence-corrected chi connectivity index (χ2v) is 5.89. The zero-order valence-electron chi connectivity index (χ0n) is 10.6. The fourth-order valence-electron chi connectivity index (χ4n) is 1.42. The van der Waals surface area contributed by atoms with Crippen LogP contribution in [0.15, 0.2) is 35.2 Å². The molecule has 6 heteroatoms. The van der Waals surface area contributed by atoms with Crippen LogP contribution in [0.5, 0.6) is 0 Å². The van der Waals surface area contributed by atoms with Crippen LogP contribution in [0.3, 0.4) is 0 Å². The van der Waals surface area contributed by atoms with E-state index in [1.54, 1.807) is 32.0 Å². The summed E-state index contributed by atoms with van der Waals surface area (Å²) in [7, 11) is -2.48. The number of benzene rings is 1. The molecule has 1 aromatic rings. The van der Waals surface area contributed by atoms with Crippen molar-refractivity contribution < 1.29 is 17.9 Å². The second kappa shape index (κ2) is 5.97. The van der Waals surface area contributed by atoms with Crippen LogP contribution in [0.1, 0.15) is 13.8 Å². The summed E-state index contributed by atoms with van der Waals surface area (Å²) in [6.07, 6.45) is 0. The quantitative estimate of drug-likeness (QED) is 0.816. The van der Waals surface area contributed by atoms with Crippen LogP contribution in [0.25, 0.3) is 0 Å². The number of carbonyl (C=O) groups is 1. The fraction of sp³-hybridized carbons (Fsp3) is 0.417. The summed E-state index contributed by atoms with van der Waals surface area (Å²) in [5.41, 5.74) is 0. The van der Waals surface area contributed by atoms with E-state index in [0.29, 0.717) is 0 Å².